The molecule has 0 aromatic carbocycles. The van der Waals surface area contributed by atoms with Crippen LogP contribution in [0.25, 0.3) is 11.0 Å². The molecule has 2 aromatic heterocycles. The van der Waals surface area contributed by atoms with Crippen LogP contribution in [0, 0.1) is 0 Å². The van der Waals surface area contributed by atoms with Gasteiger partial charge in [0.25, 0.3) is 0 Å². The summed E-state index contributed by atoms with van der Waals surface area (Å²) in [6.07, 6.45) is 1.87. The zero-order valence-corrected chi connectivity index (χ0v) is 11.9. The average molecular weight is 296 g/mol. The van der Waals surface area contributed by atoms with Crippen molar-refractivity contribution in [1.29, 1.82) is 0 Å². The number of hydrogen-bond acceptors (Lipinski definition) is 2. The van der Waals surface area contributed by atoms with E-state index in [4.69, 9.17) is 4.98 Å². The molecule has 0 fully saturated rings. The van der Waals surface area contributed by atoms with Crippen LogP contribution in [0.1, 0.15) is 0 Å². The van der Waals surface area contributed by atoms with Gasteiger partial charge in [-0.3, -0.25) is 0 Å². The van der Waals surface area contributed by atoms with Gasteiger partial charge in [-0.15, -0.1) is 0 Å². The number of pyridine rings is 1. The molecule has 0 atom stereocenters. The second-order valence-corrected chi connectivity index (χ2v) is 18.9. The van der Waals surface area contributed by atoms with E-state index in [0.29, 0.717) is 0 Å². The Morgan fingerprint density at radius 3 is 2.57 bits per heavy atom. The summed E-state index contributed by atoms with van der Waals surface area (Å²) in [6, 6.07) is 4.30. The second-order valence-electron chi connectivity index (χ2n) is 4.63. The van der Waals surface area contributed by atoms with Crippen molar-refractivity contribution in [3.63, 3.8) is 0 Å². The molecule has 2 heterocycles. The van der Waals surface area contributed by atoms with Crippen molar-refractivity contribution in [2.75, 3.05) is 0 Å². The second kappa shape index (κ2) is 3.22. The van der Waals surface area contributed by atoms with Gasteiger partial charge >= 0.3 is 88.1 Å². The Bertz CT molecular complexity index is 468. The topological polar surface area (TPSA) is 30.7 Å². The summed E-state index contributed by atoms with van der Waals surface area (Å²) in [5.41, 5.74) is 1.01. The molecule has 0 aliphatic heterocycles. The summed E-state index contributed by atoms with van der Waals surface area (Å²) < 4.78 is 3.16. The van der Waals surface area contributed by atoms with Crippen LogP contribution >= 0.6 is 0 Å². The first-order valence-corrected chi connectivity index (χ1v) is 14.8. The molecule has 0 spiro atoms. The molecule has 3 nitrogen and oxygen atoms in total. The normalized spacial score (nSPS) is 12.3. The minimum absolute atomic E-state index is 1.01. The van der Waals surface area contributed by atoms with Gasteiger partial charge < -0.3 is 0 Å². The number of aryl methyl sites for hydroxylation is 1. The van der Waals surface area contributed by atoms with Gasteiger partial charge in [0.05, 0.1) is 0 Å². The van der Waals surface area contributed by atoms with Gasteiger partial charge in [0.2, 0.25) is 0 Å². The zero-order valence-electron chi connectivity index (χ0n) is 9.07. The molecule has 0 unspecified atom stereocenters. The Morgan fingerprint density at radius 2 is 1.93 bits per heavy atom. The zero-order chi connectivity index (χ0) is 10.3. The molecule has 2 aromatic rings. The van der Waals surface area contributed by atoms with Crippen LogP contribution in [-0.2, 0) is 7.05 Å². The van der Waals surface area contributed by atoms with Gasteiger partial charge in [-0.1, -0.05) is 0 Å². The Morgan fingerprint density at radius 1 is 1.21 bits per heavy atom. The Hall–Kier alpha value is -0.581. The van der Waals surface area contributed by atoms with E-state index < -0.39 is 18.4 Å². The maximum absolute atomic E-state index is 4.70. The van der Waals surface area contributed by atoms with Gasteiger partial charge in [0, 0.05) is 0 Å². The molecule has 0 amide bonds. The molecule has 14 heavy (non-hydrogen) atoms. The van der Waals surface area contributed by atoms with E-state index in [9.17, 15) is 0 Å². The summed E-state index contributed by atoms with van der Waals surface area (Å²) in [5, 5.41) is 5.33. The van der Waals surface area contributed by atoms with Crippen LogP contribution in [-0.4, -0.2) is 33.1 Å². The van der Waals surface area contributed by atoms with Gasteiger partial charge in [0.15, 0.2) is 0 Å². The molecule has 0 N–H and O–H groups in total. The first-order valence-electron chi connectivity index (χ1n) is 4.78. The molecule has 0 aliphatic carbocycles. The predicted molar refractivity (Wildman–Crippen MR) is 61.5 cm³/mol. The molecule has 2 rings (SSSR count). The minimum atomic E-state index is -2.01. The molecule has 0 bridgehead atoms. The molecule has 0 aliphatic rings. The van der Waals surface area contributed by atoms with Crippen LogP contribution in [0.3, 0.4) is 0 Å². The summed E-state index contributed by atoms with van der Waals surface area (Å²) in [4.78, 5) is 11.8. The molecular weight excluding hydrogens is 281 g/mol. The first kappa shape index (κ1) is 9.95. The first-order chi connectivity index (χ1) is 6.48. The number of fused-ring (bicyclic) bond motifs is 1. The van der Waals surface area contributed by atoms with Crippen LogP contribution in [0.15, 0.2) is 18.3 Å². The van der Waals surface area contributed by atoms with Crippen molar-refractivity contribution in [2.45, 2.75) is 14.8 Å². The fourth-order valence-corrected chi connectivity index (χ4v) is 4.36. The van der Waals surface area contributed by atoms with E-state index in [1.807, 2.05) is 17.9 Å². The standard InChI is InChI=1S/C7H6N3.3CH3.Sn/c1-10-7-6(5-9-10)3-2-4-8-7;;;;/h2-3,5H,1H3;3*1H3;. The fourth-order valence-electron chi connectivity index (χ4n) is 1.44. The van der Waals surface area contributed by atoms with Crippen LogP contribution in [0.4, 0.5) is 0 Å². The van der Waals surface area contributed by atoms with Crippen molar-refractivity contribution in [2.24, 2.45) is 7.05 Å². The van der Waals surface area contributed by atoms with Crippen molar-refractivity contribution in [3.8, 4) is 0 Å². The number of aromatic nitrogens is 3. The molecule has 4 heteroatoms. The van der Waals surface area contributed by atoms with E-state index >= 15 is 0 Å². The van der Waals surface area contributed by atoms with Crippen LogP contribution in [0.5, 0.6) is 0 Å². The molecule has 0 radical (unpaired) electrons. The number of rotatable bonds is 1. The Balaban J connectivity index is 2.66. The van der Waals surface area contributed by atoms with E-state index in [1.54, 1.807) is 0 Å². The van der Waals surface area contributed by atoms with E-state index in [1.165, 1.54) is 3.71 Å². The summed E-state index contributed by atoms with van der Waals surface area (Å²) in [6.45, 7) is 0. The van der Waals surface area contributed by atoms with Crippen molar-refractivity contribution in [1.82, 2.24) is 14.8 Å². The van der Waals surface area contributed by atoms with Gasteiger partial charge in [-0.2, -0.15) is 0 Å². The predicted octanol–water partition coefficient (Wildman–Crippen LogP) is 1.51. The van der Waals surface area contributed by atoms with Crippen molar-refractivity contribution >= 4 is 33.1 Å². The third-order valence-electron chi connectivity index (χ3n) is 2.35. The fraction of sp³-hybridized carbons (Fsp3) is 0.400. The Labute approximate surface area is 88.0 Å². The Kier molecular flexibility index (Phi) is 2.29. The van der Waals surface area contributed by atoms with Crippen LogP contribution < -0.4 is 3.71 Å². The number of nitrogens with zero attached hydrogens (tertiary/aromatic N) is 3. The number of hydrogen-bond donors (Lipinski definition) is 0. The van der Waals surface area contributed by atoms with Crippen LogP contribution in [0.2, 0.25) is 14.8 Å². The molecule has 74 valence electrons. The quantitative estimate of drug-likeness (QED) is 0.747. The summed E-state index contributed by atoms with van der Waals surface area (Å²) >= 11 is -2.01. The monoisotopic (exact) mass is 297 g/mol. The third-order valence-corrected chi connectivity index (χ3v) is 7.53. The van der Waals surface area contributed by atoms with Gasteiger partial charge in [-0.05, 0) is 0 Å². The van der Waals surface area contributed by atoms with E-state index in [2.05, 4.69) is 32.1 Å². The van der Waals surface area contributed by atoms with Crippen molar-refractivity contribution < 1.29 is 0 Å². The van der Waals surface area contributed by atoms with E-state index in [-0.39, 0.29) is 0 Å². The summed E-state index contributed by atoms with van der Waals surface area (Å²) in [5.74, 6) is 0. The average Bonchev–Trinajstić information content (AvgIpc) is 2.46. The molecule has 0 saturated heterocycles. The van der Waals surface area contributed by atoms with Gasteiger partial charge in [0.1, 0.15) is 0 Å². The molecule has 0 saturated carbocycles. The maximum atomic E-state index is 4.70. The summed E-state index contributed by atoms with van der Waals surface area (Å²) in [7, 11) is 1.94. The molecular formula is C10H15N3Sn. The van der Waals surface area contributed by atoms with Gasteiger partial charge in [-0.25, -0.2) is 0 Å². The SMILES string of the molecule is Cn1ncc2cc[c]([Sn]([CH3])([CH3])[CH3])nc21. The van der Waals surface area contributed by atoms with Crippen molar-refractivity contribution in [3.05, 3.63) is 18.3 Å². The van der Waals surface area contributed by atoms with E-state index in [0.717, 1.165) is 11.0 Å². The third kappa shape index (κ3) is 1.65.